The molecule has 1 fully saturated rings. The summed E-state index contributed by atoms with van der Waals surface area (Å²) in [6, 6.07) is 31.2. The van der Waals surface area contributed by atoms with Crippen molar-refractivity contribution < 1.29 is 9.53 Å². The first-order valence-corrected chi connectivity index (χ1v) is 10.2. The molecule has 154 valence electrons. The van der Waals surface area contributed by atoms with Crippen molar-refractivity contribution in [1.29, 1.82) is 0 Å². The fraction of sp³-hybridized carbons (Fsp3) is 0.154. The minimum absolute atomic E-state index is 0.0959. The monoisotopic (exact) mass is 409 g/mol. The Morgan fingerprint density at radius 2 is 1.58 bits per heavy atom. The van der Waals surface area contributed by atoms with Gasteiger partial charge in [-0.1, -0.05) is 102 Å². The van der Waals surface area contributed by atoms with E-state index in [9.17, 15) is 4.79 Å². The predicted molar refractivity (Wildman–Crippen MR) is 123 cm³/mol. The number of para-hydroxylation sites is 1. The van der Waals surface area contributed by atoms with Crippen LogP contribution in [0.25, 0.3) is 16.5 Å². The van der Waals surface area contributed by atoms with E-state index in [1.165, 1.54) is 0 Å². The van der Waals surface area contributed by atoms with E-state index in [2.05, 4.69) is 16.4 Å². The average Bonchev–Trinajstić information content (AvgIpc) is 2.82. The predicted octanol–water partition coefficient (Wildman–Crippen LogP) is 5.70. The Balaban J connectivity index is 1.50. The van der Waals surface area contributed by atoms with E-state index >= 15 is 0 Å². The number of likely N-dealkylation sites (tertiary alicyclic amines) is 1. The van der Waals surface area contributed by atoms with Crippen LogP contribution in [-0.4, -0.2) is 29.0 Å². The van der Waals surface area contributed by atoms with Crippen LogP contribution in [0.4, 0.5) is 5.69 Å². The van der Waals surface area contributed by atoms with Gasteiger partial charge in [0.25, 0.3) is 12.0 Å². The van der Waals surface area contributed by atoms with Gasteiger partial charge < -0.3 is 9.64 Å². The molecule has 1 aliphatic rings. The molecule has 3 aromatic rings. The van der Waals surface area contributed by atoms with Gasteiger partial charge in [0.05, 0.1) is 6.04 Å². The maximum Gasteiger partial charge on any atom is 0.296 e. The summed E-state index contributed by atoms with van der Waals surface area (Å²) in [5, 5.41) is 0. The Hall–Kier alpha value is -4.04. The minimum atomic E-state index is -0.585. The highest BCUT2D eigenvalue weighted by Crippen LogP contribution is 2.29. The molecule has 3 aromatic carbocycles. The summed E-state index contributed by atoms with van der Waals surface area (Å²) in [5.41, 5.74) is 5.94. The summed E-state index contributed by atoms with van der Waals surface area (Å²) >= 11 is 0. The lowest BCUT2D eigenvalue weighted by atomic mass is 9.94. The minimum Gasteiger partial charge on any atom is -0.478 e. The Morgan fingerprint density at radius 1 is 0.968 bits per heavy atom. The fourth-order valence-corrected chi connectivity index (χ4v) is 3.41. The highest BCUT2D eigenvalue weighted by molar-refractivity contribution is 5.90. The van der Waals surface area contributed by atoms with E-state index in [0.717, 1.165) is 11.3 Å². The first-order valence-electron chi connectivity index (χ1n) is 10.2. The van der Waals surface area contributed by atoms with Crippen LogP contribution in [0.3, 0.4) is 0 Å². The van der Waals surface area contributed by atoms with Crippen LogP contribution in [0.2, 0.25) is 0 Å². The summed E-state index contributed by atoms with van der Waals surface area (Å²) in [4.78, 5) is 18.7. The molecule has 5 heteroatoms. The number of hydrogen-bond donors (Lipinski definition) is 0. The topological polar surface area (TPSA) is 48.0 Å². The number of benzene rings is 3. The molecular weight excluding hydrogens is 386 g/mol. The van der Waals surface area contributed by atoms with Crippen LogP contribution in [-0.2, 0) is 4.79 Å². The Labute approximate surface area is 182 Å². The van der Waals surface area contributed by atoms with E-state index < -0.39 is 6.10 Å². The van der Waals surface area contributed by atoms with Crippen molar-refractivity contribution in [2.24, 2.45) is 0 Å². The second-order valence-corrected chi connectivity index (χ2v) is 7.20. The lowest BCUT2D eigenvalue weighted by Gasteiger charge is -2.45. The molecule has 0 spiro atoms. The van der Waals surface area contributed by atoms with Crippen LogP contribution >= 0.6 is 0 Å². The second-order valence-electron chi connectivity index (χ2n) is 7.20. The third-order valence-corrected chi connectivity index (χ3v) is 5.00. The number of ether oxygens (including phenoxy) is 1. The molecule has 1 heterocycles. The first kappa shape index (κ1) is 20.2. The molecule has 1 unspecified atom stereocenters. The molecule has 5 nitrogen and oxygen atoms in total. The standard InChI is InChI=1S/C26H23N3O2/c1-20(19-27-28-22-13-7-3-8-14-22)29-24(18-17-21-11-5-2-6-12-21)25(26(29)30)31-23-15-9-4-10-16-23/h2-18,20,24-25H,1H3/b18-17+/t20?,24-,25+/m1/s1. The molecule has 0 aliphatic carbocycles. The third-order valence-electron chi connectivity index (χ3n) is 5.00. The zero-order valence-corrected chi connectivity index (χ0v) is 17.2. The largest absolute Gasteiger partial charge is 0.478 e. The van der Waals surface area contributed by atoms with Gasteiger partial charge in [-0.05, 0) is 24.6 Å². The Bertz CT molecular complexity index is 1090. The summed E-state index contributed by atoms with van der Waals surface area (Å²) < 4.78 is 5.99. The van der Waals surface area contributed by atoms with E-state index in [-0.39, 0.29) is 18.0 Å². The van der Waals surface area contributed by atoms with Gasteiger partial charge in [-0.15, -0.1) is 0 Å². The molecule has 1 amide bonds. The lowest BCUT2D eigenvalue weighted by Crippen LogP contribution is -2.68. The van der Waals surface area contributed by atoms with Crippen LogP contribution < -0.4 is 4.74 Å². The van der Waals surface area contributed by atoms with Crippen molar-refractivity contribution in [3.8, 4) is 11.8 Å². The number of hydrogen-bond acceptors (Lipinski definition) is 2. The molecule has 0 N–H and O–H groups in total. The van der Waals surface area contributed by atoms with Gasteiger partial charge in [0.1, 0.15) is 5.75 Å². The van der Waals surface area contributed by atoms with E-state index in [0.29, 0.717) is 5.75 Å². The normalized spacial score (nSPS) is 18.6. The van der Waals surface area contributed by atoms with E-state index in [4.69, 9.17) is 4.74 Å². The zero-order valence-electron chi connectivity index (χ0n) is 17.2. The van der Waals surface area contributed by atoms with E-state index in [1.54, 1.807) is 4.90 Å². The number of nitrogens with zero attached hydrogens (tertiary/aromatic N) is 3. The van der Waals surface area contributed by atoms with Gasteiger partial charge in [0.15, 0.2) is 6.04 Å². The van der Waals surface area contributed by atoms with E-state index in [1.807, 2.05) is 110 Å². The molecule has 31 heavy (non-hydrogen) atoms. The third kappa shape index (κ3) is 4.93. The number of carbonyl (C=O) groups excluding carboxylic acids is 1. The van der Waals surface area contributed by atoms with Crippen molar-refractivity contribution in [3.05, 3.63) is 113 Å². The second kappa shape index (κ2) is 9.64. The molecule has 0 saturated carbocycles. The van der Waals surface area contributed by atoms with Gasteiger partial charge in [-0.3, -0.25) is 10.2 Å². The smallest absolute Gasteiger partial charge is 0.296 e. The van der Waals surface area contributed by atoms with Crippen molar-refractivity contribution in [2.75, 3.05) is 0 Å². The van der Waals surface area contributed by atoms with Crippen LogP contribution in [0.15, 0.2) is 97.1 Å². The van der Waals surface area contributed by atoms with Crippen molar-refractivity contribution in [1.82, 2.24) is 4.90 Å². The summed E-state index contributed by atoms with van der Waals surface area (Å²) in [6.45, 7) is 1.88. The maximum atomic E-state index is 12.9. The van der Waals surface area contributed by atoms with Gasteiger partial charge in [0, 0.05) is 0 Å². The van der Waals surface area contributed by atoms with Crippen LogP contribution in [0.5, 0.6) is 5.75 Å². The molecular formula is C26H23N3O2. The molecule has 1 aliphatic heterocycles. The van der Waals surface area contributed by atoms with Crippen LogP contribution in [0, 0.1) is 6.07 Å². The number of rotatable bonds is 6. The number of carbonyl (C=O) groups is 1. The van der Waals surface area contributed by atoms with Gasteiger partial charge in [-0.25, -0.2) is 0 Å². The molecule has 4 rings (SSSR count). The molecule has 1 saturated heterocycles. The Kier molecular flexibility index (Phi) is 6.29. The van der Waals surface area contributed by atoms with Gasteiger partial charge >= 0.3 is 0 Å². The molecule has 0 bridgehead atoms. The fourth-order valence-electron chi connectivity index (χ4n) is 3.41. The SMILES string of the molecule is CC(C#[N+][N-]c1ccccc1)N1C(=O)[C@@H](Oc2ccccc2)[C@H]1/C=C/c1ccccc1. The summed E-state index contributed by atoms with van der Waals surface area (Å²) in [6.07, 6.45) is 3.42. The number of β-lactam (4-membered cyclic amide) rings is 1. The molecule has 0 aromatic heterocycles. The van der Waals surface area contributed by atoms with Crippen molar-refractivity contribution in [3.63, 3.8) is 0 Å². The Morgan fingerprint density at radius 3 is 2.26 bits per heavy atom. The molecule has 0 radical (unpaired) electrons. The summed E-state index contributed by atoms with van der Waals surface area (Å²) in [5.74, 6) is 0.574. The lowest BCUT2D eigenvalue weighted by molar-refractivity contribution is -0.161. The average molecular weight is 409 g/mol. The highest BCUT2D eigenvalue weighted by atomic mass is 16.5. The zero-order chi connectivity index (χ0) is 21.5. The highest BCUT2D eigenvalue weighted by Gasteiger charge is 2.51. The number of amides is 1. The van der Waals surface area contributed by atoms with Crippen molar-refractivity contribution >= 4 is 17.7 Å². The molecule has 3 atom stereocenters. The van der Waals surface area contributed by atoms with Gasteiger partial charge in [-0.2, -0.15) is 0 Å². The quantitative estimate of drug-likeness (QED) is 0.387. The first-order chi connectivity index (χ1) is 15.2. The van der Waals surface area contributed by atoms with Crippen LogP contribution in [0.1, 0.15) is 12.5 Å². The summed E-state index contributed by atoms with van der Waals surface area (Å²) in [7, 11) is 0. The maximum absolute atomic E-state index is 12.9. The van der Waals surface area contributed by atoms with Gasteiger partial charge in [0.2, 0.25) is 6.10 Å². The van der Waals surface area contributed by atoms with Crippen molar-refractivity contribution in [2.45, 2.75) is 25.1 Å².